The van der Waals surface area contributed by atoms with Gasteiger partial charge in [-0.2, -0.15) is 0 Å². The van der Waals surface area contributed by atoms with Crippen molar-refractivity contribution in [1.29, 1.82) is 0 Å². The molecule has 2 atom stereocenters. The first-order chi connectivity index (χ1) is 12.1. The summed E-state index contributed by atoms with van der Waals surface area (Å²) in [7, 11) is 0. The number of ether oxygens (including phenoxy) is 1. The Bertz CT molecular complexity index is 778. The topological polar surface area (TPSA) is 65.9 Å². The lowest BCUT2D eigenvalue weighted by Crippen LogP contribution is -2.53. The number of fused-ring (bicyclic) bond motifs is 1. The summed E-state index contributed by atoms with van der Waals surface area (Å²) < 4.78 is 6.34. The van der Waals surface area contributed by atoms with Crippen molar-refractivity contribution in [2.45, 2.75) is 12.5 Å². The van der Waals surface area contributed by atoms with Crippen LogP contribution >= 0.6 is 22.9 Å². The number of thiazole rings is 1. The second-order valence-electron chi connectivity index (χ2n) is 6.45. The highest BCUT2D eigenvalue weighted by Crippen LogP contribution is 2.33. The molecule has 2 fully saturated rings. The van der Waals surface area contributed by atoms with Gasteiger partial charge in [-0.15, -0.1) is 0 Å². The molecule has 2 aliphatic heterocycles. The molecule has 0 saturated carbocycles. The van der Waals surface area contributed by atoms with E-state index in [-0.39, 0.29) is 5.91 Å². The van der Waals surface area contributed by atoms with Crippen LogP contribution in [0.4, 0.5) is 5.13 Å². The van der Waals surface area contributed by atoms with Crippen LogP contribution in [0.15, 0.2) is 18.2 Å². The fourth-order valence-electron chi connectivity index (χ4n) is 3.40. The number of anilines is 1. The van der Waals surface area contributed by atoms with Crippen molar-refractivity contribution in [2.75, 3.05) is 44.3 Å². The first-order valence-corrected chi connectivity index (χ1v) is 9.67. The molecule has 0 radical (unpaired) electrons. The molecule has 0 bridgehead atoms. The van der Waals surface area contributed by atoms with Crippen LogP contribution in [0.1, 0.15) is 6.42 Å². The average molecular weight is 382 g/mol. The quantitative estimate of drug-likeness (QED) is 0.861. The van der Waals surface area contributed by atoms with Gasteiger partial charge in [-0.1, -0.05) is 22.9 Å². The van der Waals surface area contributed by atoms with Crippen LogP contribution in [-0.4, -0.2) is 66.4 Å². The van der Waals surface area contributed by atoms with Gasteiger partial charge in [0.1, 0.15) is 0 Å². The number of piperidine rings is 1. The van der Waals surface area contributed by atoms with Gasteiger partial charge in [-0.3, -0.25) is 4.79 Å². The Morgan fingerprint density at radius 3 is 2.92 bits per heavy atom. The number of nitrogens with zero attached hydrogens (tertiary/aromatic N) is 3. The minimum Gasteiger partial charge on any atom is -0.392 e. The fourth-order valence-corrected chi connectivity index (χ4v) is 4.67. The van der Waals surface area contributed by atoms with Crippen LogP contribution in [0.25, 0.3) is 10.2 Å². The smallest absolute Gasteiger partial charge is 0.230 e. The van der Waals surface area contributed by atoms with E-state index in [4.69, 9.17) is 16.3 Å². The molecule has 1 aromatic carbocycles. The van der Waals surface area contributed by atoms with Gasteiger partial charge in [-0.25, -0.2) is 4.98 Å². The maximum Gasteiger partial charge on any atom is 0.230 e. The Morgan fingerprint density at radius 1 is 1.32 bits per heavy atom. The van der Waals surface area contributed by atoms with Gasteiger partial charge in [-0.05, 0) is 24.6 Å². The lowest BCUT2D eigenvalue weighted by molar-refractivity contribution is -0.143. The molecule has 2 saturated heterocycles. The second kappa shape index (κ2) is 7.07. The molecule has 0 aliphatic carbocycles. The summed E-state index contributed by atoms with van der Waals surface area (Å²) >= 11 is 7.63. The number of rotatable bonds is 2. The molecule has 2 aliphatic rings. The first-order valence-electron chi connectivity index (χ1n) is 8.47. The molecule has 134 valence electrons. The molecule has 0 spiro atoms. The molecular weight excluding hydrogens is 362 g/mol. The minimum atomic E-state index is -0.601. The molecule has 2 aromatic rings. The number of aliphatic hydroxyl groups is 1. The first kappa shape index (κ1) is 17.0. The average Bonchev–Trinajstić information content (AvgIpc) is 3.05. The van der Waals surface area contributed by atoms with Crippen LogP contribution in [-0.2, 0) is 9.53 Å². The Morgan fingerprint density at radius 2 is 2.12 bits per heavy atom. The van der Waals surface area contributed by atoms with Crippen LogP contribution in [0.2, 0.25) is 5.02 Å². The summed E-state index contributed by atoms with van der Waals surface area (Å²) in [4.78, 5) is 21.4. The number of carbonyl (C=O) groups is 1. The van der Waals surface area contributed by atoms with Gasteiger partial charge >= 0.3 is 0 Å². The van der Waals surface area contributed by atoms with E-state index in [2.05, 4.69) is 9.88 Å². The molecule has 8 heteroatoms. The lowest BCUT2D eigenvalue weighted by Gasteiger charge is -2.38. The Hall–Kier alpha value is -1.41. The molecule has 1 aromatic heterocycles. The van der Waals surface area contributed by atoms with Crippen LogP contribution in [0.3, 0.4) is 0 Å². The molecule has 0 unspecified atom stereocenters. The predicted molar refractivity (Wildman–Crippen MR) is 98.4 cm³/mol. The fraction of sp³-hybridized carbons (Fsp3) is 0.529. The van der Waals surface area contributed by atoms with Crippen molar-refractivity contribution >= 4 is 44.2 Å². The third-order valence-electron chi connectivity index (χ3n) is 4.83. The SMILES string of the molecule is O=C([C@H]1CN(c2nc3ccc(Cl)cc3s2)CC[C@H]1O)N1CCOCC1. The van der Waals surface area contributed by atoms with E-state index < -0.39 is 12.0 Å². The number of aromatic nitrogens is 1. The molecular formula is C17H20ClN3O3S. The molecule has 4 rings (SSSR count). The summed E-state index contributed by atoms with van der Waals surface area (Å²) in [5, 5.41) is 11.9. The number of halogens is 1. The van der Waals surface area contributed by atoms with E-state index in [0.717, 1.165) is 15.3 Å². The van der Waals surface area contributed by atoms with Crippen LogP contribution in [0, 0.1) is 5.92 Å². The standard InChI is InChI=1S/C17H20ClN3O3S/c18-11-1-2-13-15(9-11)25-17(19-13)21-4-3-14(22)12(10-21)16(23)20-5-7-24-8-6-20/h1-2,9,12,14,22H,3-8,10H2/t12-,14+/m0/s1. The third kappa shape index (κ3) is 3.46. The van der Waals surface area contributed by atoms with Gasteiger partial charge in [0.25, 0.3) is 0 Å². The minimum absolute atomic E-state index is 0.0182. The lowest BCUT2D eigenvalue weighted by atomic mass is 9.93. The summed E-state index contributed by atoms with van der Waals surface area (Å²) in [6.07, 6.45) is -0.0346. The van der Waals surface area contributed by atoms with Crippen molar-refractivity contribution < 1.29 is 14.6 Å². The number of aliphatic hydroxyl groups excluding tert-OH is 1. The maximum absolute atomic E-state index is 12.8. The largest absolute Gasteiger partial charge is 0.392 e. The van der Waals surface area contributed by atoms with E-state index in [1.807, 2.05) is 18.2 Å². The molecule has 1 amide bonds. The summed E-state index contributed by atoms with van der Waals surface area (Å²) in [6.45, 7) is 3.52. The van der Waals surface area contributed by atoms with E-state index in [1.165, 1.54) is 0 Å². The highest BCUT2D eigenvalue weighted by Gasteiger charge is 2.37. The van der Waals surface area contributed by atoms with E-state index >= 15 is 0 Å². The monoisotopic (exact) mass is 381 g/mol. The van der Waals surface area contributed by atoms with Gasteiger partial charge in [0, 0.05) is 31.2 Å². The number of hydrogen-bond donors (Lipinski definition) is 1. The normalized spacial score (nSPS) is 24.7. The van der Waals surface area contributed by atoms with Crippen molar-refractivity contribution in [3.8, 4) is 0 Å². The zero-order valence-corrected chi connectivity index (χ0v) is 15.3. The van der Waals surface area contributed by atoms with Crippen LogP contribution < -0.4 is 4.90 Å². The van der Waals surface area contributed by atoms with E-state index in [0.29, 0.717) is 50.8 Å². The number of morpholine rings is 1. The van der Waals surface area contributed by atoms with E-state index in [9.17, 15) is 9.90 Å². The van der Waals surface area contributed by atoms with Crippen molar-refractivity contribution in [3.05, 3.63) is 23.2 Å². The summed E-state index contributed by atoms with van der Waals surface area (Å²) in [6, 6.07) is 5.65. The summed E-state index contributed by atoms with van der Waals surface area (Å²) in [5.41, 5.74) is 0.909. The van der Waals surface area contributed by atoms with Crippen LogP contribution in [0.5, 0.6) is 0 Å². The maximum atomic E-state index is 12.8. The number of carbonyl (C=O) groups excluding carboxylic acids is 1. The zero-order chi connectivity index (χ0) is 17.4. The zero-order valence-electron chi connectivity index (χ0n) is 13.7. The number of amides is 1. The van der Waals surface area contributed by atoms with Gasteiger partial charge in [0.2, 0.25) is 5.91 Å². The van der Waals surface area contributed by atoms with Crippen molar-refractivity contribution in [1.82, 2.24) is 9.88 Å². The molecule has 1 N–H and O–H groups in total. The highest BCUT2D eigenvalue weighted by molar-refractivity contribution is 7.22. The molecule has 25 heavy (non-hydrogen) atoms. The summed E-state index contributed by atoms with van der Waals surface area (Å²) in [5.74, 6) is -0.396. The Labute approximate surface area is 155 Å². The number of benzene rings is 1. The highest BCUT2D eigenvalue weighted by atomic mass is 35.5. The van der Waals surface area contributed by atoms with Gasteiger partial charge in [0.15, 0.2) is 5.13 Å². The molecule has 6 nitrogen and oxygen atoms in total. The Kier molecular flexibility index (Phi) is 4.82. The third-order valence-corrected chi connectivity index (χ3v) is 6.14. The van der Waals surface area contributed by atoms with Gasteiger partial charge < -0.3 is 19.6 Å². The van der Waals surface area contributed by atoms with E-state index in [1.54, 1.807) is 16.2 Å². The van der Waals surface area contributed by atoms with Crippen molar-refractivity contribution in [2.24, 2.45) is 5.92 Å². The number of hydrogen-bond acceptors (Lipinski definition) is 6. The second-order valence-corrected chi connectivity index (χ2v) is 7.90. The van der Waals surface area contributed by atoms with Crippen molar-refractivity contribution in [3.63, 3.8) is 0 Å². The predicted octanol–water partition coefficient (Wildman–Crippen LogP) is 2.00. The Balaban J connectivity index is 1.53. The molecule has 3 heterocycles. The van der Waals surface area contributed by atoms with Gasteiger partial charge in [0.05, 0.1) is 35.5 Å².